The van der Waals surface area contributed by atoms with Crippen molar-refractivity contribution in [2.75, 3.05) is 53.4 Å². The van der Waals surface area contributed by atoms with E-state index in [0.717, 1.165) is 32.6 Å². The number of piperazine rings is 1. The molecule has 0 bridgehead atoms. The standard InChI is InChI=1S/C21H31ClN4O3/c1-15(25-11-9-24(2)10-12-25)14-23-20(27)18-5-4-8-26(18)21(28)17-13-16(22)6-7-19(17)29-3/h6-7,13,15,18H,4-5,8-12,14H2,1-3H3,(H,23,27). The Balaban J connectivity index is 1.60. The number of halogens is 1. The zero-order chi connectivity index (χ0) is 21.0. The van der Waals surface area contributed by atoms with E-state index in [1.54, 1.807) is 23.1 Å². The van der Waals surface area contributed by atoms with Crippen LogP contribution in [0.2, 0.25) is 5.02 Å². The van der Waals surface area contributed by atoms with Crippen molar-refractivity contribution in [2.45, 2.75) is 31.8 Å². The first-order chi connectivity index (χ1) is 13.9. The fourth-order valence-electron chi connectivity index (χ4n) is 4.04. The average molecular weight is 423 g/mol. The maximum atomic E-state index is 13.1. The first-order valence-corrected chi connectivity index (χ1v) is 10.6. The van der Waals surface area contributed by atoms with E-state index in [1.807, 2.05) is 0 Å². The SMILES string of the molecule is COc1ccc(Cl)cc1C(=O)N1CCCC1C(=O)NCC(C)N1CCN(C)CC1. The summed E-state index contributed by atoms with van der Waals surface area (Å²) in [6.45, 7) is 7.39. The summed E-state index contributed by atoms with van der Waals surface area (Å²) in [7, 11) is 3.65. The van der Waals surface area contributed by atoms with Gasteiger partial charge >= 0.3 is 0 Å². The minimum Gasteiger partial charge on any atom is -0.496 e. The van der Waals surface area contributed by atoms with Gasteiger partial charge in [-0.25, -0.2) is 0 Å². The molecule has 2 atom stereocenters. The second-order valence-corrected chi connectivity index (χ2v) is 8.37. The highest BCUT2D eigenvalue weighted by molar-refractivity contribution is 6.31. The molecule has 0 radical (unpaired) electrons. The molecule has 2 amide bonds. The number of likely N-dealkylation sites (tertiary alicyclic amines) is 1. The van der Waals surface area contributed by atoms with Crippen LogP contribution < -0.4 is 10.1 Å². The van der Waals surface area contributed by atoms with Crippen molar-refractivity contribution in [1.82, 2.24) is 20.0 Å². The Bertz CT molecular complexity index is 737. The summed E-state index contributed by atoms with van der Waals surface area (Å²) >= 11 is 6.08. The summed E-state index contributed by atoms with van der Waals surface area (Å²) in [5.41, 5.74) is 0.394. The first-order valence-electron chi connectivity index (χ1n) is 10.3. The van der Waals surface area contributed by atoms with Gasteiger partial charge in [-0.3, -0.25) is 14.5 Å². The summed E-state index contributed by atoms with van der Waals surface area (Å²) in [5.74, 6) is 0.168. The molecule has 2 saturated heterocycles. The van der Waals surface area contributed by atoms with Crippen molar-refractivity contribution in [1.29, 1.82) is 0 Å². The van der Waals surface area contributed by atoms with E-state index in [9.17, 15) is 9.59 Å². The average Bonchev–Trinajstić information content (AvgIpc) is 3.21. The Morgan fingerprint density at radius 1 is 1.24 bits per heavy atom. The van der Waals surface area contributed by atoms with Crippen molar-refractivity contribution in [2.24, 2.45) is 0 Å². The van der Waals surface area contributed by atoms with Crippen molar-refractivity contribution < 1.29 is 14.3 Å². The molecule has 1 aromatic carbocycles. The molecule has 3 rings (SSSR count). The van der Waals surface area contributed by atoms with Crippen LogP contribution in [0.4, 0.5) is 0 Å². The van der Waals surface area contributed by atoms with Crippen LogP contribution >= 0.6 is 11.6 Å². The summed E-state index contributed by atoms with van der Waals surface area (Å²) in [5, 5.41) is 3.53. The number of carbonyl (C=O) groups is 2. The third-order valence-electron chi connectivity index (χ3n) is 5.94. The number of amides is 2. The van der Waals surface area contributed by atoms with Gasteiger partial charge in [0.05, 0.1) is 12.7 Å². The number of benzene rings is 1. The van der Waals surface area contributed by atoms with Crippen LogP contribution in [0.15, 0.2) is 18.2 Å². The largest absolute Gasteiger partial charge is 0.496 e. The third-order valence-corrected chi connectivity index (χ3v) is 6.18. The normalized spacial score (nSPS) is 21.8. The van der Waals surface area contributed by atoms with Gasteiger partial charge in [0.2, 0.25) is 5.91 Å². The van der Waals surface area contributed by atoms with Gasteiger partial charge in [-0.1, -0.05) is 11.6 Å². The highest BCUT2D eigenvalue weighted by Crippen LogP contribution is 2.27. The summed E-state index contributed by atoms with van der Waals surface area (Å²) in [6.07, 6.45) is 1.48. The molecule has 0 saturated carbocycles. The Labute approximate surface area is 177 Å². The van der Waals surface area contributed by atoms with E-state index in [0.29, 0.717) is 35.8 Å². The molecule has 2 heterocycles. The Morgan fingerprint density at radius 2 is 1.97 bits per heavy atom. The maximum Gasteiger partial charge on any atom is 0.258 e. The minimum absolute atomic E-state index is 0.0853. The van der Waals surface area contributed by atoms with Crippen LogP contribution in [0.1, 0.15) is 30.1 Å². The quantitative estimate of drug-likeness (QED) is 0.756. The van der Waals surface area contributed by atoms with Crippen LogP contribution in [0, 0.1) is 0 Å². The van der Waals surface area contributed by atoms with Gasteiger partial charge in [-0.05, 0) is 45.0 Å². The number of carbonyl (C=O) groups excluding carboxylic acids is 2. The van der Waals surface area contributed by atoms with E-state index in [1.165, 1.54) is 7.11 Å². The monoisotopic (exact) mass is 422 g/mol. The molecule has 0 aliphatic carbocycles. The molecule has 160 valence electrons. The van der Waals surface area contributed by atoms with Crippen molar-refractivity contribution >= 4 is 23.4 Å². The third kappa shape index (κ3) is 5.21. The number of ether oxygens (including phenoxy) is 1. The molecular formula is C21H31ClN4O3. The number of nitrogens with zero attached hydrogens (tertiary/aromatic N) is 3. The zero-order valence-electron chi connectivity index (χ0n) is 17.5. The highest BCUT2D eigenvalue weighted by atomic mass is 35.5. The van der Waals surface area contributed by atoms with Gasteiger partial charge in [-0.2, -0.15) is 0 Å². The number of likely N-dealkylation sites (N-methyl/N-ethyl adjacent to an activating group) is 1. The maximum absolute atomic E-state index is 13.1. The second kappa shape index (κ2) is 9.78. The molecule has 2 aliphatic rings. The lowest BCUT2D eigenvalue weighted by atomic mass is 10.1. The predicted molar refractivity (Wildman–Crippen MR) is 114 cm³/mol. The van der Waals surface area contributed by atoms with E-state index < -0.39 is 6.04 Å². The summed E-state index contributed by atoms with van der Waals surface area (Å²) < 4.78 is 5.31. The molecule has 7 nitrogen and oxygen atoms in total. The van der Waals surface area contributed by atoms with Crippen LogP contribution in [0.25, 0.3) is 0 Å². The second-order valence-electron chi connectivity index (χ2n) is 7.93. The van der Waals surface area contributed by atoms with Crippen LogP contribution in [0.3, 0.4) is 0 Å². The van der Waals surface area contributed by atoms with E-state index >= 15 is 0 Å². The fourth-order valence-corrected chi connectivity index (χ4v) is 4.21. The molecule has 8 heteroatoms. The van der Waals surface area contributed by atoms with Gasteiger partial charge in [0.25, 0.3) is 5.91 Å². The number of hydrogen-bond acceptors (Lipinski definition) is 5. The van der Waals surface area contributed by atoms with Crippen molar-refractivity contribution in [3.05, 3.63) is 28.8 Å². The molecule has 2 unspecified atom stereocenters. The lowest BCUT2D eigenvalue weighted by Crippen LogP contribution is -2.53. The van der Waals surface area contributed by atoms with Crippen LogP contribution in [-0.2, 0) is 4.79 Å². The zero-order valence-corrected chi connectivity index (χ0v) is 18.2. The van der Waals surface area contributed by atoms with E-state index in [2.05, 4.69) is 29.1 Å². The number of hydrogen-bond donors (Lipinski definition) is 1. The van der Waals surface area contributed by atoms with E-state index in [4.69, 9.17) is 16.3 Å². The topological polar surface area (TPSA) is 65.1 Å². The lowest BCUT2D eigenvalue weighted by Gasteiger charge is -2.36. The first kappa shape index (κ1) is 21.9. The number of rotatable bonds is 6. The van der Waals surface area contributed by atoms with Gasteiger partial charge in [-0.15, -0.1) is 0 Å². The predicted octanol–water partition coefficient (Wildman–Crippen LogP) is 1.71. The molecule has 2 fully saturated rings. The summed E-state index contributed by atoms with van der Waals surface area (Å²) in [4.78, 5) is 32.3. The molecular weight excluding hydrogens is 392 g/mol. The highest BCUT2D eigenvalue weighted by Gasteiger charge is 2.35. The molecule has 0 aromatic heterocycles. The van der Waals surface area contributed by atoms with Gasteiger partial charge in [0.1, 0.15) is 11.8 Å². The Hall–Kier alpha value is -1.83. The molecule has 0 spiro atoms. The van der Waals surface area contributed by atoms with Crippen molar-refractivity contribution in [3.8, 4) is 5.75 Å². The number of methoxy groups -OCH3 is 1. The van der Waals surface area contributed by atoms with Gasteiger partial charge < -0.3 is 19.9 Å². The van der Waals surface area contributed by atoms with Crippen LogP contribution in [-0.4, -0.2) is 92.0 Å². The molecule has 2 aliphatic heterocycles. The molecule has 29 heavy (non-hydrogen) atoms. The smallest absolute Gasteiger partial charge is 0.258 e. The molecule has 1 aromatic rings. The Kier molecular flexibility index (Phi) is 7.38. The molecule has 1 N–H and O–H groups in total. The minimum atomic E-state index is -0.453. The van der Waals surface area contributed by atoms with Crippen LogP contribution in [0.5, 0.6) is 5.75 Å². The lowest BCUT2D eigenvalue weighted by molar-refractivity contribution is -0.125. The van der Waals surface area contributed by atoms with E-state index in [-0.39, 0.29) is 17.9 Å². The van der Waals surface area contributed by atoms with Gasteiger partial charge in [0, 0.05) is 50.3 Å². The fraction of sp³-hybridized carbons (Fsp3) is 0.619. The summed E-state index contributed by atoms with van der Waals surface area (Å²) in [6, 6.07) is 4.78. The Morgan fingerprint density at radius 3 is 2.66 bits per heavy atom. The van der Waals surface area contributed by atoms with Gasteiger partial charge in [0.15, 0.2) is 0 Å². The van der Waals surface area contributed by atoms with Crippen molar-refractivity contribution in [3.63, 3.8) is 0 Å². The number of nitrogens with one attached hydrogen (secondary N) is 1.